The monoisotopic (exact) mass is 139 g/mol. The Kier molecular flexibility index (Phi) is 0.949. The zero-order valence-electron chi connectivity index (χ0n) is 7.15. The molecular weight excluding hydrogens is 122 g/mol. The molecule has 0 spiro atoms. The topological polar surface area (TPSA) is 26.0 Å². The lowest BCUT2D eigenvalue weighted by Gasteiger charge is -2.13. The highest BCUT2D eigenvalue weighted by atomic mass is 14.9. The molecule has 0 aromatic heterocycles. The van der Waals surface area contributed by atoms with Crippen molar-refractivity contribution in [3.8, 4) is 0 Å². The summed E-state index contributed by atoms with van der Waals surface area (Å²) in [5, 5.41) is 0. The number of hydrogen-bond donors (Lipinski definition) is 1. The molecule has 10 heavy (non-hydrogen) atoms. The molecule has 1 heteroatoms. The van der Waals surface area contributed by atoms with Crippen molar-refractivity contribution in [3.05, 3.63) is 0 Å². The van der Waals surface area contributed by atoms with E-state index in [1.165, 1.54) is 12.8 Å². The molecule has 2 aliphatic carbocycles. The van der Waals surface area contributed by atoms with Crippen LogP contribution in [0.3, 0.4) is 0 Å². The Balaban J connectivity index is 2.30. The van der Waals surface area contributed by atoms with E-state index in [2.05, 4.69) is 20.8 Å². The van der Waals surface area contributed by atoms with Gasteiger partial charge in [-0.15, -0.1) is 0 Å². The number of hydrogen-bond acceptors (Lipinski definition) is 1. The highest BCUT2D eigenvalue weighted by molar-refractivity contribution is 5.21. The maximum absolute atomic E-state index is 6.03. The molecule has 2 saturated carbocycles. The Morgan fingerprint density at radius 1 is 1.30 bits per heavy atom. The van der Waals surface area contributed by atoms with Crippen molar-refractivity contribution in [2.45, 2.75) is 39.7 Å². The molecule has 0 amide bonds. The van der Waals surface area contributed by atoms with Gasteiger partial charge in [0.1, 0.15) is 0 Å². The fourth-order valence-corrected chi connectivity index (χ4v) is 2.91. The molecule has 0 bridgehead atoms. The van der Waals surface area contributed by atoms with Gasteiger partial charge in [-0.25, -0.2) is 0 Å². The predicted molar refractivity (Wildman–Crippen MR) is 42.6 cm³/mol. The van der Waals surface area contributed by atoms with Crippen molar-refractivity contribution in [2.24, 2.45) is 22.5 Å². The molecular formula is C9H17N. The molecule has 58 valence electrons. The summed E-state index contributed by atoms with van der Waals surface area (Å²) in [6.07, 6.45) is 2.61. The molecule has 2 aliphatic rings. The van der Waals surface area contributed by atoms with Crippen LogP contribution in [0.15, 0.2) is 0 Å². The molecule has 4 unspecified atom stereocenters. The van der Waals surface area contributed by atoms with Crippen LogP contribution in [-0.4, -0.2) is 6.04 Å². The number of nitrogens with two attached hydrogens (primary N) is 1. The van der Waals surface area contributed by atoms with E-state index in [-0.39, 0.29) is 0 Å². The van der Waals surface area contributed by atoms with E-state index < -0.39 is 0 Å². The zero-order chi connectivity index (χ0) is 7.57. The quantitative estimate of drug-likeness (QED) is 0.544. The summed E-state index contributed by atoms with van der Waals surface area (Å²) < 4.78 is 0. The zero-order valence-corrected chi connectivity index (χ0v) is 7.15. The lowest BCUT2D eigenvalue weighted by Crippen LogP contribution is -2.27. The molecule has 2 rings (SSSR count). The normalized spacial score (nSPS) is 66.0. The van der Waals surface area contributed by atoms with Crippen LogP contribution in [0, 0.1) is 16.7 Å². The van der Waals surface area contributed by atoms with E-state index in [0.29, 0.717) is 16.9 Å². The first-order valence-electron chi connectivity index (χ1n) is 4.26. The molecule has 0 saturated heterocycles. The molecule has 2 N–H and O–H groups in total. The smallest absolute Gasteiger partial charge is 0.0101 e. The summed E-state index contributed by atoms with van der Waals surface area (Å²) in [4.78, 5) is 0. The minimum absolute atomic E-state index is 0.479. The first kappa shape index (κ1) is 6.66. The van der Waals surface area contributed by atoms with Crippen molar-refractivity contribution in [1.82, 2.24) is 0 Å². The van der Waals surface area contributed by atoms with Gasteiger partial charge in [-0.3, -0.25) is 0 Å². The van der Waals surface area contributed by atoms with Crippen molar-refractivity contribution in [3.63, 3.8) is 0 Å². The first-order valence-corrected chi connectivity index (χ1v) is 4.26. The Morgan fingerprint density at radius 2 is 1.90 bits per heavy atom. The summed E-state index contributed by atoms with van der Waals surface area (Å²) in [7, 11) is 0. The van der Waals surface area contributed by atoms with Crippen LogP contribution in [0.2, 0.25) is 0 Å². The maximum atomic E-state index is 6.03. The van der Waals surface area contributed by atoms with Crippen LogP contribution in [-0.2, 0) is 0 Å². The first-order chi connectivity index (χ1) is 4.51. The second kappa shape index (κ2) is 1.42. The molecule has 1 nitrogen and oxygen atoms in total. The van der Waals surface area contributed by atoms with E-state index >= 15 is 0 Å². The standard InChI is InChI=1S/C9H17N/c1-6-4-7(10)9(3)5-8(6,9)2/h6-7H,4-5,10H2,1-3H3. The van der Waals surface area contributed by atoms with Gasteiger partial charge in [0.2, 0.25) is 0 Å². The lowest BCUT2D eigenvalue weighted by atomic mass is 9.92. The highest BCUT2D eigenvalue weighted by Crippen LogP contribution is 2.74. The van der Waals surface area contributed by atoms with E-state index in [1.54, 1.807) is 0 Å². The summed E-state index contributed by atoms with van der Waals surface area (Å²) in [5.41, 5.74) is 7.14. The Bertz CT molecular complexity index is 160. The van der Waals surface area contributed by atoms with E-state index in [1.807, 2.05) is 0 Å². The van der Waals surface area contributed by atoms with Crippen LogP contribution < -0.4 is 5.73 Å². The van der Waals surface area contributed by atoms with Crippen molar-refractivity contribution in [2.75, 3.05) is 0 Å². The van der Waals surface area contributed by atoms with Crippen LogP contribution >= 0.6 is 0 Å². The molecule has 0 aromatic carbocycles. The fourth-order valence-electron chi connectivity index (χ4n) is 2.91. The Labute approximate surface area is 63.0 Å². The number of rotatable bonds is 0. The summed E-state index contributed by atoms with van der Waals surface area (Å²) in [6.45, 7) is 7.09. The maximum Gasteiger partial charge on any atom is 0.0101 e. The third kappa shape index (κ3) is 0.460. The van der Waals surface area contributed by atoms with Gasteiger partial charge >= 0.3 is 0 Å². The van der Waals surface area contributed by atoms with Crippen LogP contribution in [0.5, 0.6) is 0 Å². The second-order valence-electron chi connectivity index (χ2n) is 4.75. The van der Waals surface area contributed by atoms with Gasteiger partial charge in [-0.05, 0) is 29.6 Å². The van der Waals surface area contributed by atoms with Gasteiger partial charge in [0.15, 0.2) is 0 Å². The van der Waals surface area contributed by atoms with Crippen molar-refractivity contribution in [1.29, 1.82) is 0 Å². The SMILES string of the molecule is CC1CC(N)C2(C)CC12C. The van der Waals surface area contributed by atoms with Gasteiger partial charge in [-0.1, -0.05) is 20.8 Å². The lowest BCUT2D eigenvalue weighted by molar-refractivity contribution is 0.362. The summed E-state index contributed by atoms with van der Waals surface area (Å²) in [5.74, 6) is 0.854. The van der Waals surface area contributed by atoms with Crippen LogP contribution in [0.25, 0.3) is 0 Å². The molecule has 2 fully saturated rings. The minimum Gasteiger partial charge on any atom is -0.327 e. The largest absolute Gasteiger partial charge is 0.327 e. The molecule has 0 aromatic rings. The van der Waals surface area contributed by atoms with Crippen molar-refractivity contribution < 1.29 is 0 Å². The fraction of sp³-hybridized carbons (Fsp3) is 1.00. The van der Waals surface area contributed by atoms with Gasteiger partial charge in [0.05, 0.1) is 0 Å². The third-order valence-corrected chi connectivity index (χ3v) is 4.43. The highest BCUT2D eigenvalue weighted by Gasteiger charge is 2.70. The molecule has 4 atom stereocenters. The minimum atomic E-state index is 0.479. The van der Waals surface area contributed by atoms with Crippen molar-refractivity contribution >= 4 is 0 Å². The van der Waals surface area contributed by atoms with Gasteiger partial charge in [0, 0.05) is 6.04 Å². The third-order valence-electron chi connectivity index (χ3n) is 4.43. The Morgan fingerprint density at radius 3 is 2.00 bits per heavy atom. The van der Waals surface area contributed by atoms with E-state index in [0.717, 1.165) is 5.92 Å². The summed E-state index contributed by atoms with van der Waals surface area (Å²) >= 11 is 0. The molecule has 0 radical (unpaired) electrons. The van der Waals surface area contributed by atoms with E-state index in [4.69, 9.17) is 5.73 Å². The predicted octanol–water partition coefficient (Wildman–Crippen LogP) is 1.77. The second-order valence-corrected chi connectivity index (χ2v) is 4.75. The summed E-state index contributed by atoms with van der Waals surface area (Å²) in [6, 6.07) is 0.479. The number of fused-ring (bicyclic) bond motifs is 1. The van der Waals surface area contributed by atoms with Gasteiger partial charge < -0.3 is 5.73 Å². The average molecular weight is 139 g/mol. The van der Waals surface area contributed by atoms with Gasteiger partial charge in [-0.2, -0.15) is 0 Å². The van der Waals surface area contributed by atoms with Gasteiger partial charge in [0.25, 0.3) is 0 Å². The van der Waals surface area contributed by atoms with Crippen LogP contribution in [0.1, 0.15) is 33.6 Å². The Hall–Kier alpha value is -0.0400. The van der Waals surface area contributed by atoms with E-state index in [9.17, 15) is 0 Å². The van der Waals surface area contributed by atoms with Crippen LogP contribution in [0.4, 0.5) is 0 Å². The average Bonchev–Trinajstić information content (AvgIpc) is 2.33. The molecule has 0 heterocycles. The molecule has 0 aliphatic heterocycles.